The third-order valence-corrected chi connectivity index (χ3v) is 9.94. The Bertz CT molecular complexity index is 737. The molecule has 31 heavy (non-hydrogen) atoms. The van der Waals surface area contributed by atoms with Gasteiger partial charge >= 0.3 is 0 Å². The molecule has 0 aromatic heterocycles. The standard InChI is InChI=1S/C20H38N6O4S/c1-25-20-14(10-22-25)3-4-17(29-2)19(20)24-31(27,28)15-11-23-26(12-15)18-9-13(5-7-21-18)16-6-8-30-16/h13-24H,3-12H2,1-2H3. The number of hydrogen-bond acceptors (Lipinski definition) is 9. The van der Waals surface area contributed by atoms with E-state index in [9.17, 15) is 8.42 Å². The number of likely N-dealkylation sites (N-methyl/N-ethyl adjacent to an activating group) is 1. The van der Waals surface area contributed by atoms with E-state index < -0.39 is 15.3 Å². The molecule has 5 aliphatic rings. The number of hydrazine groups is 2. The molecule has 0 aromatic rings. The second-order valence-corrected chi connectivity index (χ2v) is 11.8. The lowest BCUT2D eigenvalue weighted by Gasteiger charge is -2.42. The van der Waals surface area contributed by atoms with E-state index in [0.717, 1.165) is 51.8 Å². The van der Waals surface area contributed by atoms with Gasteiger partial charge in [-0.2, -0.15) is 0 Å². The highest BCUT2D eigenvalue weighted by atomic mass is 32.2. The number of methoxy groups -OCH3 is 1. The number of piperidine rings is 1. The first kappa shape index (κ1) is 22.4. The first-order chi connectivity index (χ1) is 15.0. The van der Waals surface area contributed by atoms with Crippen LogP contribution in [0.2, 0.25) is 0 Å². The van der Waals surface area contributed by atoms with Gasteiger partial charge in [-0.15, -0.1) is 0 Å². The molecule has 11 heteroatoms. The van der Waals surface area contributed by atoms with Gasteiger partial charge in [-0.05, 0) is 50.5 Å². The largest absolute Gasteiger partial charge is 0.380 e. The SMILES string of the molecule is COC1CCC2CNN(C)C2C1NS(=O)(=O)C1CNN(C2CC(C3CCO3)CCN2)C1. The maximum Gasteiger partial charge on any atom is 0.217 e. The van der Waals surface area contributed by atoms with E-state index in [4.69, 9.17) is 9.47 Å². The summed E-state index contributed by atoms with van der Waals surface area (Å²) in [7, 11) is 0.184. The van der Waals surface area contributed by atoms with Gasteiger partial charge in [-0.25, -0.2) is 23.2 Å². The molecule has 0 amide bonds. The lowest BCUT2D eigenvalue weighted by atomic mass is 9.80. The highest BCUT2D eigenvalue weighted by Crippen LogP contribution is 2.33. The summed E-state index contributed by atoms with van der Waals surface area (Å²) >= 11 is 0. The maximum absolute atomic E-state index is 13.4. The second-order valence-electron chi connectivity index (χ2n) is 9.85. The molecule has 5 rings (SSSR count). The average Bonchev–Trinajstić information content (AvgIpc) is 3.35. The van der Waals surface area contributed by atoms with E-state index in [2.05, 4.69) is 30.9 Å². The molecule has 4 heterocycles. The molecule has 1 aliphatic carbocycles. The highest BCUT2D eigenvalue weighted by Gasteiger charge is 2.48. The number of nitrogens with zero attached hydrogens (tertiary/aromatic N) is 2. The summed E-state index contributed by atoms with van der Waals surface area (Å²) in [5, 5.41) is 7.24. The summed E-state index contributed by atoms with van der Waals surface area (Å²) in [6.45, 7) is 3.64. The minimum Gasteiger partial charge on any atom is -0.380 e. The topological polar surface area (TPSA) is 107 Å². The van der Waals surface area contributed by atoms with Crippen molar-refractivity contribution in [2.45, 2.75) is 67.8 Å². The molecule has 1 saturated carbocycles. The van der Waals surface area contributed by atoms with E-state index in [0.29, 0.717) is 31.0 Å². The monoisotopic (exact) mass is 458 g/mol. The Morgan fingerprint density at radius 3 is 2.68 bits per heavy atom. The molecule has 178 valence electrons. The zero-order valence-electron chi connectivity index (χ0n) is 18.6. The Hall–Kier alpha value is -0.370. The summed E-state index contributed by atoms with van der Waals surface area (Å²) in [5.74, 6) is 1.00. The van der Waals surface area contributed by atoms with Crippen LogP contribution in [-0.2, 0) is 19.5 Å². The molecule has 8 atom stereocenters. The van der Waals surface area contributed by atoms with Crippen molar-refractivity contribution in [2.24, 2.45) is 11.8 Å². The summed E-state index contributed by atoms with van der Waals surface area (Å²) in [5.41, 5.74) is 6.72. The van der Waals surface area contributed by atoms with Gasteiger partial charge in [0.1, 0.15) is 5.25 Å². The lowest BCUT2D eigenvalue weighted by molar-refractivity contribution is -0.100. The summed E-state index contributed by atoms with van der Waals surface area (Å²) in [6, 6.07) is -0.127. The zero-order chi connectivity index (χ0) is 21.6. The molecule has 5 fully saturated rings. The fourth-order valence-electron chi connectivity index (χ4n) is 6.22. The molecule has 10 nitrogen and oxygen atoms in total. The first-order valence-corrected chi connectivity index (χ1v) is 13.4. The van der Waals surface area contributed by atoms with E-state index in [1.165, 1.54) is 0 Å². The van der Waals surface area contributed by atoms with Gasteiger partial charge in [-0.1, -0.05) is 0 Å². The van der Waals surface area contributed by atoms with Crippen molar-refractivity contribution in [1.82, 2.24) is 30.9 Å². The van der Waals surface area contributed by atoms with Gasteiger partial charge in [0, 0.05) is 46.4 Å². The average molecular weight is 459 g/mol. The van der Waals surface area contributed by atoms with Gasteiger partial charge in [0.15, 0.2) is 0 Å². The van der Waals surface area contributed by atoms with E-state index in [1.54, 1.807) is 7.11 Å². The number of ether oxygens (including phenoxy) is 2. The van der Waals surface area contributed by atoms with Gasteiger partial charge in [0.25, 0.3) is 0 Å². The summed E-state index contributed by atoms with van der Waals surface area (Å²) in [4.78, 5) is 0. The van der Waals surface area contributed by atoms with Crippen LogP contribution in [0.25, 0.3) is 0 Å². The van der Waals surface area contributed by atoms with Gasteiger partial charge in [0.05, 0.1) is 24.4 Å². The van der Waals surface area contributed by atoms with Gasteiger partial charge in [-0.3, -0.25) is 10.9 Å². The highest BCUT2D eigenvalue weighted by molar-refractivity contribution is 7.90. The van der Waals surface area contributed by atoms with Gasteiger partial charge in [0.2, 0.25) is 10.0 Å². The van der Waals surface area contributed by atoms with E-state index in [1.807, 2.05) is 7.05 Å². The molecule has 8 unspecified atom stereocenters. The predicted molar refractivity (Wildman–Crippen MR) is 116 cm³/mol. The molecule has 4 saturated heterocycles. The van der Waals surface area contributed by atoms with E-state index in [-0.39, 0.29) is 24.4 Å². The van der Waals surface area contributed by atoms with E-state index >= 15 is 0 Å². The minimum absolute atomic E-state index is 0.105. The van der Waals surface area contributed by atoms with Gasteiger partial charge < -0.3 is 14.8 Å². The van der Waals surface area contributed by atoms with Crippen molar-refractivity contribution in [3.63, 3.8) is 0 Å². The fraction of sp³-hybridized carbons (Fsp3) is 1.00. The predicted octanol–water partition coefficient (Wildman–Crippen LogP) is -1.18. The van der Waals surface area contributed by atoms with Crippen molar-refractivity contribution in [3.05, 3.63) is 0 Å². The number of nitrogens with one attached hydrogen (secondary N) is 4. The molecular weight excluding hydrogens is 420 g/mol. The van der Waals surface area contributed by atoms with Crippen LogP contribution in [0.3, 0.4) is 0 Å². The zero-order valence-corrected chi connectivity index (χ0v) is 19.4. The Morgan fingerprint density at radius 2 is 1.94 bits per heavy atom. The molecule has 0 aromatic carbocycles. The normalized spacial score (nSPS) is 44.8. The number of hydrogen-bond donors (Lipinski definition) is 4. The van der Waals surface area contributed by atoms with Crippen LogP contribution in [0, 0.1) is 11.8 Å². The molecule has 0 spiro atoms. The molecular formula is C20H38N6O4S. The van der Waals surface area contributed by atoms with Crippen molar-refractivity contribution in [3.8, 4) is 0 Å². The summed E-state index contributed by atoms with van der Waals surface area (Å²) in [6.07, 6.45) is 5.64. The lowest BCUT2D eigenvalue weighted by Crippen LogP contribution is -2.61. The van der Waals surface area contributed by atoms with Crippen LogP contribution in [0.4, 0.5) is 0 Å². The molecule has 0 radical (unpaired) electrons. The third-order valence-electron chi connectivity index (χ3n) is 8.15. The van der Waals surface area contributed by atoms with Crippen LogP contribution in [0.5, 0.6) is 0 Å². The first-order valence-electron chi connectivity index (χ1n) is 11.8. The quantitative estimate of drug-likeness (QED) is 0.391. The van der Waals surface area contributed by atoms with Crippen molar-refractivity contribution < 1.29 is 17.9 Å². The molecule has 4 aliphatic heterocycles. The minimum atomic E-state index is -3.50. The smallest absolute Gasteiger partial charge is 0.217 e. The number of sulfonamides is 1. The molecule has 0 bridgehead atoms. The summed E-state index contributed by atoms with van der Waals surface area (Å²) < 4.78 is 41.3. The molecule has 4 N–H and O–H groups in total. The van der Waals surface area contributed by atoms with Crippen LogP contribution in [-0.4, -0.2) is 101 Å². The fourth-order valence-corrected chi connectivity index (χ4v) is 7.74. The van der Waals surface area contributed by atoms with Crippen LogP contribution >= 0.6 is 0 Å². The number of fused-ring (bicyclic) bond motifs is 1. The Labute approximate surface area is 185 Å². The van der Waals surface area contributed by atoms with Crippen LogP contribution < -0.4 is 20.9 Å². The van der Waals surface area contributed by atoms with Crippen molar-refractivity contribution in [1.29, 1.82) is 0 Å². The Balaban J connectivity index is 1.22. The maximum atomic E-state index is 13.4. The Morgan fingerprint density at radius 1 is 1.10 bits per heavy atom. The number of rotatable bonds is 6. The van der Waals surface area contributed by atoms with Crippen molar-refractivity contribution >= 4 is 10.0 Å². The van der Waals surface area contributed by atoms with Crippen LogP contribution in [0.1, 0.15) is 32.1 Å². The third kappa shape index (κ3) is 4.41. The van der Waals surface area contributed by atoms with Crippen molar-refractivity contribution in [2.75, 3.05) is 46.9 Å². The second kappa shape index (κ2) is 9.11. The van der Waals surface area contributed by atoms with Crippen LogP contribution in [0.15, 0.2) is 0 Å². The Kier molecular flexibility index (Phi) is 6.59.